The summed E-state index contributed by atoms with van der Waals surface area (Å²) in [5.41, 5.74) is 0. The molecule has 0 radical (unpaired) electrons. The number of unbranched alkanes of at least 4 members (excludes halogenated alkanes) is 7. The van der Waals surface area contributed by atoms with Crippen LogP contribution >= 0.6 is 0 Å². The summed E-state index contributed by atoms with van der Waals surface area (Å²) in [6.45, 7) is 7.29. The third kappa shape index (κ3) is 53.9. The molecule has 0 fully saturated rings. The smallest absolute Gasteiger partial charge is 0.306 e. The number of ether oxygens (including phenoxy) is 3. The molecule has 0 aliphatic carbocycles. The van der Waals surface area contributed by atoms with Crippen LogP contribution in [0, 0.1) is 0 Å². The highest BCUT2D eigenvalue weighted by Crippen LogP contribution is 2.10. The highest BCUT2D eigenvalue weighted by atomic mass is 16.6. The standard InChI is InChI=1S/C63H96O5/c1-4-7-10-13-16-19-22-25-28-31-34-37-40-43-46-49-52-55-58-66-59-61(68-63(65)57-54-51-48-45-42-39-36-33-30-27-24-21-18-15-12-9-6-3)60-67-62(64)56-53-50-47-44-41-38-35-32-29-26-23-20-17-14-11-8-5-2/h7-12,16-21,25-30,34-39,44-45,47-48,61H,4-6,13-15,22-24,31-33,40-43,46,49-60H2,1-3H3/b10-7-,11-8-,12-9-,19-16-,20-17-,21-18-,28-25-,29-26-,30-27-,37-34-,38-35-,39-36-,47-44-,48-45-. The van der Waals surface area contributed by atoms with Gasteiger partial charge in [-0.15, -0.1) is 0 Å². The summed E-state index contributed by atoms with van der Waals surface area (Å²) in [6.07, 6.45) is 85.2. The van der Waals surface area contributed by atoms with Crippen molar-refractivity contribution in [2.75, 3.05) is 19.8 Å². The van der Waals surface area contributed by atoms with Crippen molar-refractivity contribution in [1.29, 1.82) is 0 Å². The van der Waals surface area contributed by atoms with Crippen molar-refractivity contribution in [1.82, 2.24) is 0 Å². The van der Waals surface area contributed by atoms with Gasteiger partial charge < -0.3 is 14.2 Å². The second kappa shape index (κ2) is 56.6. The number of esters is 2. The zero-order valence-electron chi connectivity index (χ0n) is 43.3. The number of carbonyl (C=O) groups is 2. The Hall–Kier alpha value is -4.74. The normalized spacial score (nSPS) is 13.6. The second-order valence-corrected chi connectivity index (χ2v) is 16.6. The van der Waals surface area contributed by atoms with E-state index in [4.69, 9.17) is 14.2 Å². The topological polar surface area (TPSA) is 61.8 Å². The molecule has 1 unspecified atom stereocenters. The molecule has 0 aromatic rings. The van der Waals surface area contributed by atoms with Crippen molar-refractivity contribution < 1.29 is 23.8 Å². The monoisotopic (exact) mass is 933 g/mol. The molecule has 0 bridgehead atoms. The highest BCUT2D eigenvalue weighted by molar-refractivity contribution is 5.70. The van der Waals surface area contributed by atoms with E-state index in [1.54, 1.807) is 0 Å². The summed E-state index contributed by atoms with van der Waals surface area (Å²) in [6, 6.07) is 0. The lowest BCUT2D eigenvalue weighted by Gasteiger charge is -2.18. The lowest BCUT2D eigenvalue weighted by Crippen LogP contribution is -2.30. The molecule has 378 valence electrons. The van der Waals surface area contributed by atoms with E-state index in [1.807, 2.05) is 0 Å². The number of allylic oxidation sites excluding steroid dienone is 28. The van der Waals surface area contributed by atoms with Crippen LogP contribution in [0.5, 0.6) is 0 Å². The molecular formula is C63H96O5. The second-order valence-electron chi connectivity index (χ2n) is 16.6. The Balaban J connectivity index is 4.55. The van der Waals surface area contributed by atoms with Gasteiger partial charge in [0.1, 0.15) is 6.61 Å². The first-order valence-electron chi connectivity index (χ1n) is 26.7. The number of carbonyl (C=O) groups excluding carboxylic acids is 2. The summed E-state index contributed by atoms with van der Waals surface area (Å²) in [4.78, 5) is 25.4. The molecule has 0 N–H and O–H groups in total. The third-order valence-electron chi connectivity index (χ3n) is 10.2. The van der Waals surface area contributed by atoms with Crippen LogP contribution in [0.1, 0.15) is 188 Å². The minimum absolute atomic E-state index is 0.0122. The maximum atomic E-state index is 12.8. The molecule has 68 heavy (non-hydrogen) atoms. The fourth-order valence-corrected chi connectivity index (χ4v) is 6.39. The molecule has 1 atom stereocenters. The summed E-state index contributed by atoms with van der Waals surface area (Å²) in [5.74, 6) is -0.560. The van der Waals surface area contributed by atoms with Gasteiger partial charge in [-0.25, -0.2) is 0 Å². The van der Waals surface area contributed by atoms with Crippen LogP contribution in [0.2, 0.25) is 0 Å². The minimum Gasteiger partial charge on any atom is -0.462 e. The molecule has 0 heterocycles. The van der Waals surface area contributed by atoms with Crippen LogP contribution < -0.4 is 0 Å². The van der Waals surface area contributed by atoms with Crippen LogP contribution in [0.25, 0.3) is 0 Å². The Morgan fingerprint density at radius 1 is 0.324 bits per heavy atom. The molecule has 5 nitrogen and oxygen atoms in total. The van der Waals surface area contributed by atoms with Gasteiger partial charge in [0, 0.05) is 19.4 Å². The molecule has 0 rings (SSSR count). The van der Waals surface area contributed by atoms with Crippen LogP contribution in [-0.4, -0.2) is 37.9 Å². The average Bonchev–Trinajstić information content (AvgIpc) is 3.34. The number of hydrogen-bond donors (Lipinski definition) is 0. The average molecular weight is 933 g/mol. The van der Waals surface area contributed by atoms with Crippen molar-refractivity contribution >= 4 is 11.9 Å². The van der Waals surface area contributed by atoms with E-state index in [0.29, 0.717) is 32.3 Å². The molecule has 0 aliphatic rings. The first kappa shape index (κ1) is 63.3. The van der Waals surface area contributed by atoms with Crippen molar-refractivity contribution in [2.45, 2.75) is 194 Å². The largest absolute Gasteiger partial charge is 0.462 e. The van der Waals surface area contributed by atoms with E-state index >= 15 is 0 Å². The van der Waals surface area contributed by atoms with E-state index in [2.05, 4.69) is 191 Å². The Morgan fingerprint density at radius 2 is 0.618 bits per heavy atom. The maximum absolute atomic E-state index is 12.8. The van der Waals surface area contributed by atoms with Gasteiger partial charge in [0.25, 0.3) is 0 Å². The Kier molecular flexibility index (Phi) is 52.6. The third-order valence-corrected chi connectivity index (χ3v) is 10.2. The lowest BCUT2D eigenvalue weighted by molar-refractivity contribution is -0.162. The zero-order valence-corrected chi connectivity index (χ0v) is 43.3. The molecule has 0 saturated carbocycles. The molecule has 0 saturated heterocycles. The lowest BCUT2D eigenvalue weighted by atomic mass is 10.1. The van der Waals surface area contributed by atoms with Crippen LogP contribution in [0.3, 0.4) is 0 Å². The zero-order chi connectivity index (χ0) is 49.2. The quantitative estimate of drug-likeness (QED) is 0.0346. The van der Waals surface area contributed by atoms with E-state index in [-0.39, 0.29) is 25.2 Å². The molecule has 5 heteroatoms. The van der Waals surface area contributed by atoms with Gasteiger partial charge in [-0.2, -0.15) is 0 Å². The number of rotatable bonds is 46. The Labute approximate surface area is 417 Å². The van der Waals surface area contributed by atoms with Crippen LogP contribution in [0.15, 0.2) is 170 Å². The van der Waals surface area contributed by atoms with Gasteiger partial charge in [0.05, 0.1) is 6.61 Å². The fourth-order valence-electron chi connectivity index (χ4n) is 6.39. The summed E-state index contributed by atoms with van der Waals surface area (Å²) < 4.78 is 17.3. The first-order chi connectivity index (χ1) is 33.6. The van der Waals surface area contributed by atoms with Crippen molar-refractivity contribution in [3.05, 3.63) is 170 Å². The number of hydrogen-bond acceptors (Lipinski definition) is 5. The van der Waals surface area contributed by atoms with Gasteiger partial charge in [-0.1, -0.05) is 210 Å². The molecular weight excluding hydrogens is 837 g/mol. The predicted octanol–water partition coefficient (Wildman–Crippen LogP) is 18.4. The van der Waals surface area contributed by atoms with Gasteiger partial charge >= 0.3 is 11.9 Å². The SMILES string of the molecule is CC/C=C\C/C=C\C/C=C\C/C=C\C/C=C\CCCC(=O)OCC(COCCCCCCC/C=C\C/C=C\C/C=C\C/C=C\CC)OC(=O)CCC/C=C\C/C=C\C/C=C\C/C=C\C/C=C\CC. The molecule has 0 aromatic heterocycles. The molecule has 0 spiro atoms. The maximum Gasteiger partial charge on any atom is 0.306 e. The first-order valence-corrected chi connectivity index (χ1v) is 26.7. The fraction of sp³-hybridized carbons (Fsp3) is 0.524. The van der Waals surface area contributed by atoms with E-state index < -0.39 is 6.10 Å². The van der Waals surface area contributed by atoms with E-state index in [9.17, 15) is 9.59 Å². The van der Waals surface area contributed by atoms with Crippen LogP contribution in [-0.2, 0) is 23.8 Å². The van der Waals surface area contributed by atoms with Gasteiger partial charge in [-0.05, 0) is 135 Å². The highest BCUT2D eigenvalue weighted by Gasteiger charge is 2.17. The molecule has 0 aliphatic heterocycles. The van der Waals surface area contributed by atoms with Crippen molar-refractivity contribution in [2.24, 2.45) is 0 Å². The van der Waals surface area contributed by atoms with Gasteiger partial charge in [-0.3, -0.25) is 9.59 Å². The van der Waals surface area contributed by atoms with E-state index in [1.165, 1.54) is 19.3 Å². The molecule has 0 aromatic carbocycles. The van der Waals surface area contributed by atoms with Crippen molar-refractivity contribution in [3.8, 4) is 0 Å². The van der Waals surface area contributed by atoms with E-state index in [0.717, 1.165) is 122 Å². The summed E-state index contributed by atoms with van der Waals surface area (Å²) >= 11 is 0. The molecule has 0 amide bonds. The summed E-state index contributed by atoms with van der Waals surface area (Å²) in [7, 11) is 0. The minimum atomic E-state index is -0.614. The predicted molar refractivity (Wildman–Crippen MR) is 297 cm³/mol. The van der Waals surface area contributed by atoms with Crippen LogP contribution in [0.4, 0.5) is 0 Å². The summed E-state index contributed by atoms with van der Waals surface area (Å²) in [5, 5.41) is 0. The van der Waals surface area contributed by atoms with Gasteiger partial charge in [0.15, 0.2) is 6.10 Å². The van der Waals surface area contributed by atoms with Crippen molar-refractivity contribution in [3.63, 3.8) is 0 Å². The van der Waals surface area contributed by atoms with Gasteiger partial charge in [0.2, 0.25) is 0 Å². The Morgan fingerprint density at radius 3 is 0.985 bits per heavy atom. The Bertz CT molecular complexity index is 1570.